The Bertz CT molecular complexity index is 577. The van der Waals surface area contributed by atoms with Crippen LogP contribution in [0.5, 0.6) is 0 Å². The van der Waals surface area contributed by atoms with Gasteiger partial charge in [0.15, 0.2) is 5.82 Å². The molecule has 0 aliphatic heterocycles. The van der Waals surface area contributed by atoms with Gasteiger partial charge in [0, 0.05) is 4.88 Å². The first-order valence-electron chi connectivity index (χ1n) is 7.35. The van der Waals surface area contributed by atoms with Crippen molar-refractivity contribution in [2.75, 3.05) is 0 Å². The third kappa shape index (κ3) is 2.52. The molecular weight excluding hydrogens is 270 g/mol. The third-order valence-corrected chi connectivity index (χ3v) is 5.35. The largest absolute Gasteiger partial charge is 0.333 e. The van der Waals surface area contributed by atoms with Gasteiger partial charge in [0.2, 0.25) is 0 Å². The van der Waals surface area contributed by atoms with Crippen molar-refractivity contribution in [1.82, 2.24) is 10.1 Å². The van der Waals surface area contributed by atoms with E-state index in [0.717, 1.165) is 11.3 Å². The first kappa shape index (κ1) is 13.8. The second-order valence-corrected chi connectivity index (χ2v) is 6.95. The molecule has 1 aliphatic rings. The van der Waals surface area contributed by atoms with E-state index in [9.17, 15) is 0 Å². The molecule has 0 fully saturated rings. The first-order valence-corrected chi connectivity index (χ1v) is 8.17. The quantitative estimate of drug-likeness (QED) is 0.877. The lowest BCUT2D eigenvalue weighted by Crippen LogP contribution is -2.33. The van der Waals surface area contributed by atoms with E-state index in [-0.39, 0.29) is 0 Å². The maximum atomic E-state index is 6.17. The fraction of sp³-hybridized carbons (Fsp3) is 0.600. The van der Waals surface area contributed by atoms with Crippen LogP contribution >= 0.6 is 11.3 Å². The summed E-state index contributed by atoms with van der Waals surface area (Å²) in [7, 11) is 0. The van der Waals surface area contributed by atoms with E-state index in [1.165, 1.54) is 42.5 Å². The maximum absolute atomic E-state index is 6.17. The highest BCUT2D eigenvalue weighted by molar-refractivity contribution is 7.15. The van der Waals surface area contributed by atoms with Crippen LogP contribution in [-0.4, -0.2) is 10.1 Å². The van der Waals surface area contributed by atoms with Crippen molar-refractivity contribution >= 4 is 11.3 Å². The summed E-state index contributed by atoms with van der Waals surface area (Å²) < 4.78 is 5.42. The molecule has 2 N–H and O–H groups in total. The monoisotopic (exact) mass is 291 g/mol. The summed E-state index contributed by atoms with van der Waals surface area (Å²) in [5.74, 6) is 1.21. The topological polar surface area (TPSA) is 64.9 Å². The second kappa shape index (κ2) is 5.30. The van der Waals surface area contributed by atoms with Crippen molar-refractivity contribution in [3.05, 3.63) is 22.3 Å². The van der Waals surface area contributed by atoms with Crippen molar-refractivity contribution in [2.45, 2.75) is 57.9 Å². The smallest absolute Gasteiger partial charge is 0.268 e. The van der Waals surface area contributed by atoms with E-state index in [2.05, 4.69) is 16.2 Å². The number of rotatable bonds is 3. The standard InChI is InChI=1S/C15H21N3OS/c1-3-15(2,16)14-17-13(19-18-14)12-9-10-7-5-4-6-8-11(10)20-12/h9H,3-8,16H2,1-2H3. The molecule has 20 heavy (non-hydrogen) atoms. The van der Waals surface area contributed by atoms with Gasteiger partial charge in [0.1, 0.15) is 0 Å². The molecule has 0 saturated carbocycles. The summed E-state index contributed by atoms with van der Waals surface area (Å²) in [6.45, 7) is 3.97. The van der Waals surface area contributed by atoms with Crippen LogP contribution in [0, 0.1) is 0 Å². The molecule has 0 amide bonds. The average Bonchev–Trinajstić information content (AvgIpc) is 3.02. The van der Waals surface area contributed by atoms with Crippen LogP contribution < -0.4 is 5.73 Å². The molecule has 2 aromatic rings. The van der Waals surface area contributed by atoms with Crippen LogP contribution in [-0.2, 0) is 18.4 Å². The lowest BCUT2D eigenvalue weighted by Gasteiger charge is -2.16. The highest BCUT2D eigenvalue weighted by Gasteiger charge is 2.26. The van der Waals surface area contributed by atoms with E-state index >= 15 is 0 Å². The fourth-order valence-corrected chi connectivity index (χ4v) is 3.66. The zero-order valence-electron chi connectivity index (χ0n) is 12.1. The summed E-state index contributed by atoms with van der Waals surface area (Å²) in [5.41, 5.74) is 7.11. The molecule has 5 heteroatoms. The predicted molar refractivity (Wildman–Crippen MR) is 80.7 cm³/mol. The summed E-state index contributed by atoms with van der Waals surface area (Å²) >= 11 is 1.80. The zero-order chi connectivity index (χ0) is 14.2. The van der Waals surface area contributed by atoms with Crippen LogP contribution in [0.1, 0.15) is 55.8 Å². The highest BCUT2D eigenvalue weighted by atomic mass is 32.1. The Morgan fingerprint density at radius 3 is 2.95 bits per heavy atom. The number of hydrogen-bond acceptors (Lipinski definition) is 5. The van der Waals surface area contributed by atoms with E-state index in [4.69, 9.17) is 10.3 Å². The zero-order valence-corrected chi connectivity index (χ0v) is 12.9. The Morgan fingerprint density at radius 1 is 1.35 bits per heavy atom. The Labute approximate surface area is 123 Å². The maximum Gasteiger partial charge on any atom is 0.268 e. The summed E-state index contributed by atoms with van der Waals surface area (Å²) in [6.07, 6.45) is 7.06. The normalized spacial score (nSPS) is 18.4. The number of fused-ring (bicyclic) bond motifs is 1. The van der Waals surface area contributed by atoms with E-state index in [1.807, 2.05) is 13.8 Å². The van der Waals surface area contributed by atoms with Gasteiger partial charge in [0.05, 0.1) is 10.4 Å². The SMILES string of the molecule is CCC(C)(N)c1noc(-c2cc3c(s2)CCCCC3)n1. The van der Waals surface area contributed by atoms with Gasteiger partial charge >= 0.3 is 0 Å². The average molecular weight is 291 g/mol. The van der Waals surface area contributed by atoms with Gasteiger partial charge in [-0.2, -0.15) is 4.98 Å². The molecule has 1 unspecified atom stereocenters. The number of nitrogens with two attached hydrogens (primary N) is 1. The number of aromatic nitrogens is 2. The van der Waals surface area contributed by atoms with Crippen LogP contribution in [0.2, 0.25) is 0 Å². The van der Waals surface area contributed by atoms with Crippen molar-refractivity contribution in [2.24, 2.45) is 5.73 Å². The number of nitrogens with zero attached hydrogens (tertiary/aromatic N) is 2. The number of aryl methyl sites for hydroxylation is 2. The van der Waals surface area contributed by atoms with Crippen LogP contribution in [0.3, 0.4) is 0 Å². The molecule has 0 aromatic carbocycles. The van der Waals surface area contributed by atoms with E-state index < -0.39 is 5.54 Å². The van der Waals surface area contributed by atoms with Crippen LogP contribution in [0.15, 0.2) is 10.6 Å². The molecule has 0 bridgehead atoms. The van der Waals surface area contributed by atoms with Crippen molar-refractivity contribution in [1.29, 1.82) is 0 Å². The Kier molecular flexibility index (Phi) is 3.65. The molecule has 4 nitrogen and oxygen atoms in total. The van der Waals surface area contributed by atoms with Crippen molar-refractivity contribution < 1.29 is 4.52 Å². The van der Waals surface area contributed by atoms with Gasteiger partial charge in [-0.1, -0.05) is 18.5 Å². The second-order valence-electron chi connectivity index (χ2n) is 5.81. The highest BCUT2D eigenvalue weighted by Crippen LogP contribution is 2.35. The van der Waals surface area contributed by atoms with E-state index in [1.54, 1.807) is 11.3 Å². The minimum Gasteiger partial charge on any atom is -0.333 e. The van der Waals surface area contributed by atoms with Crippen molar-refractivity contribution in [3.63, 3.8) is 0 Å². The van der Waals surface area contributed by atoms with Gasteiger partial charge in [-0.25, -0.2) is 0 Å². The molecule has 1 aliphatic carbocycles. The number of thiophene rings is 1. The van der Waals surface area contributed by atoms with Gasteiger partial charge in [-0.15, -0.1) is 11.3 Å². The van der Waals surface area contributed by atoms with Crippen LogP contribution in [0.4, 0.5) is 0 Å². The molecule has 3 rings (SSSR count). The molecule has 2 aromatic heterocycles. The summed E-state index contributed by atoms with van der Waals surface area (Å²) in [4.78, 5) is 7.07. The molecule has 0 saturated heterocycles. The third-order valence-electron chi connectivity index (χ3n) is 4.13. The van der Waals surface area contributed by atoms with Gasteiger partial charge in [0.25, 0.3) is 5.89 Å². The summed E-state index contributed by atoms with van der Waals surface area (Å²) in [6, 6.07) is 2.22. The van der Waals surface area contributed by atoms with Gasteiger partial charge in [-0.05, 0) is 50.7 Å². The summed E-state index contributed by atoms with van der Waals surface area (Å²) in [5, 5.41) is 4.06. The molecule has 2 heterocycles. The predicted octanol–water partition coefficient (Wildman–Crippen LogP) is 3.65. The lowest BCUT2D eigenvalue weighted by molar-refractivity contribution is 0.379. The van der Waals surface area contributed by atoms with Gasteiger partial charge in [-0.3, -0.25) is 0 Å². The molecule has 0 spiro atoms. The minimum atomic E-state index is -0.518. The molecule has 0 radical (unpaired) electrons. The molecule has 1 atom stereocenters. The van der Waals surface area contributed by atoms with Gasteiger partial charge < -0.3 is 10.3 Å². The molecule has 108 valence electrons. The number of hydrogen-bond donors (Lipinski definition) is 1. The van der Waals surface area contributed by atoms with E-state index in [0.29, 0.717) is 11.7 Å². The first-order chi connectivity index (χ1) is 9.60. The van der Waals surface area contributed by atoms with Crippen molar-refractivity contribution in [3.8, 4) is 10.8 Å². The fourth-order valence-electron chi connectivity index (χ4n) is 2.49. The lowest BCUT2D eigenvalue weighted by atomic mass is 10.0. The Morgan fingerprint density at radius 2 is 2.15 bits per heavy atom. The van der Waals surface area contributed by atoms with Crippen LogP contribution in [0.25, 0.3) is 10.8 Å². The Hall–Kier alpha value is -1.20. The molecular formula is C15H21N3OS. The minimum absolute atomic E-state index is 0.518. The Balaban J connectivity index is 1.90.